The number of nitrogens with one attached hydrogen (secondary N) is 3. The Kier molecular flexibility index (Phi) is 9.01. The van der Waals surface area contributed by atoms with Crippen molar-refractivity contribution in [2.24, 2.45) is 0 Å². The maximum Gasteiger partial charge on any atom is 0.416 e. The Morgan fingerprint density at radius 1 is 0.978 bits per heavy atom. The fraction of sp³-hybridized carbons (Fsp3) is 0.273. The number of hydrogen-bond acceptors (Lipinski definition) is 9. The summed E-state index contributed by atoms with van der Waals surface area (Å²) in [6.07, 6.45) is 2.80. The number of fused-ring (bicyclic) bond motifs is 1. The van der Waals surface area contributed by atoms with Crippen LogP contribution in [0.3, 0.4) is 0 Å². The van der Waals surface area contributed by atoms with Gasteiger partial charge in [-0.1, -0.05) is 12.1 Å². The van der Waals surface area contributed by atoms with Crippen LogP contribution in [0.25, 0.3) is 11.0 Å². The second-order valence-electron chi connectivity index (χ2n) is 11.1. The molecule has 1 saturated heterocycles. The van der Waals surface area contributed by atoms with E-state index in [2.05, 4.69) is 45.8 Å². The highest BCUT2D eigenvalue weighted by atomic mass is 19.4. The standard InChI is InChI=1S/C33H32F3N9O/c1-21-7-8-23(31(46)42-26-15-22(9-13-45-11-4-5-12-45)14-24(17-26)33(34,35)36)16-27(21)43-30-29-28(40-20-41-30)19-39-32(44-29)38-18-25-6-2-3-10-37-25/h2-3,6-8,10,14-17,19-20H,4-5,9,11-13,18H2,1H3,(H,42,46)(H,38,39,44)(H,40,41,43). The molecule has 0 bridgehead atoms. The van der Waals surface area contributed by atoms with Crippen molar-refractivity contribution >= 4 is 40.1 Å². The summed E-state index contributed by atoms with van der Waals surface area (Å²) in [6.45, 7) is 4.86. The summed E-state index contributed by atoms with van der Waals surface area (Å²) >= 11 is 0. The number of amides is 1. The second kappa shape index (κ2) is 13.4. The molecule has 1 fully saturated rings. The van der Waals surface area contributed by atoms with E-state index in [9.17, 15) is 18.0 Å². The summed E-state index contributed by atoms with van der Waals surface area (Å²) < 4.78 is 41.3. The van der Waals surface area contributed by atoms with Crippen LogP contribution >= 0.6 is 0 Å². The molecule has 0 saturated carbocycles. The molecule has 0 atom stereocenters. The molecule has 0 aliphatic carbocycles. The topological polar surface area (TPSA) is 121 Å². The highest BCUT2D eigenvalue weighted by molar-refractivity contribution is 6.05. The van der Waals surface area contributed by atoms with Crippen molar-refractivity contribution in [3.05, 3.63) is 101 Å². The predicted molar refractivity (Wildman–Crippen MR) is 170 cm³/mol. The lowest BCUT2D eigenvalue weighted by atomic mass is 10.0. The maximum absolute atomic E-state index is 13.8. The average molecular weight is 628 g/mol. The second-order valence-corrected chi connectivity index (χ2v) is 11.1. The van der Waals surface area contributed by atoms with Crippen LogP contribution in [0.5, 0.6) is 0 Å². The van der Waals surface area contributed by atoms with Crippen LogP contribution in [-0.2, 0) is 19.1 Å². The Balaban J connectivity index is 1.21. The van der Waals surface area contributed by atoms with E-state index in [4.69, 9.17) is 0 Å². The van der Waals surface area contributed by atoms with Crippen molar-refractivity contribution in [3.8, 4) is 0 Å². The molecule has 2 aromatic carbocycles. The third-order valence-corrected chi connectivity index (χ3v) is 7.78. The van der Waals surface area contributed by atoms with Crippen LogP contribution in [0.15, 0.2) is 73.3 Å². The fourth-order valence-corrected chi connectivity index (χ4v) is 5.30. The van der Waals surface area contributed by atoms with Gasteiger partial charge in [0.1, 0.15) is 17.4 Å². The van der Waals surface area contributed by atoms with Gasteiger partial charge in [-0.25, -0.2) is 19.9 Å². The number of halogens is 3. The lowest BCUT2D eigenvalue weighted by molar-refractivity contribution is -0.137. The smallest absolute Gasteiger partial charge is 0.349 e. The number of pyridine rings is 1. The van der Waals surface area contributed by atoms with Crippen molar-refractivity contribution in [3.63, 3.8) is 0 Å². The molecule has 13 heteroatoms. The molecule has 0 spiro atoms. The van der Waals surface area contributed by atoms with Crippen molar-refractivity contribution in [2.45, 2.75) is 38.9 Å². The van der Waals surface area contributed by atoms with Gasteiger partial charge in [-0.2, -0.15) is 13.2 Å². The number of alkyl halides is 3. The number of aromatic nitrogens is 5. The Morgan fingerprint density at radius 3 is 2.61 bits per heavy atom. The van der Waals surface area contributed by atoms with Gasteiger partial charge in [0.05, 0.1) is 24.0 Å². The van der Waals surface area contributed by atoms with Crippen LogP contribution in [0.4, 0.5) is 36.3 Å². The van der Waals surface area contributed by atoms with Gasteiger partial charge in [-0.15, -0.1) is 0 Å². The molecule has 6 rings (SSSR count). The van der Waals surface area contributed by atoms with Gasteiger partial charge in [0.15, 0.2) is 5.82 Å². The Morgan fingerprint density at radius 2 is 1.83 bits per heavy atom. The number of aryl methyl sites for hydroxylation is 1. The first kappa shape index (κ1) is 30.8. The molecule has 1 aliphatic rings. The highest BCUT2D eigenvalue weighted by Crippen LogP contribution is 2.33. The van der Waals surface area contributed by atoms with Gasteiger partial charge >= 0.3 is 6.18 Å². The molecular weight excluding hydrogens is 595 g/mol. The van der Waals surface area contributed by atoms with Gasteiger partial charge in [0.2, 0.25) is 5.95 Å². The molecular formula is C33H32F3N9O. The zero-order valence-electron chi connectivity index (χ0n) is 25.1. The molecule has 1 aliphatic heterocycles. The monoisotopic (exact) mass is 627 g/mol. The maximum atomic E-state index is 13.8. The molecule has 5 aromatic rings. The van der Waals surface area contributed by atoms with Gasteiger partial charge in [-0.3, -0.25) is 9.78 Å². The van der Waals surface area contributed by atoms with Crippen LogP contribution in [-0.4, -0.2) is 55.4 Å². The Bertz CT molecular complexity index is 1840. The van der Waals surface area contributed by atoms with Gasteiger partial charge in [-0.05, 0) is 92.9 Å². The Hall–Kier alpha value is -5.17. The summed E-state index contributed by atoms with van der Waals surface area (Å²) in [7, 11) is 0. The summed E-state index contributed by atoms with van der Waals surface area (Å²) in [5, 5.41) is 9.06. The van der Waals surface area contributed by atoms with E-state index in [1.165, 1.54) is 6.33 Å². The first-order chi connectivity index (χ1) is 22.2. The number of carbonyl (C=O) groups is 1. The SMILES string of the molecule is Cc1ccc(C(=O)Nc2cc(CCN3CCCC3)cc(C(F)(F)F)c2)cc1Nc1ncnc2cnc(NCc3ccccn3)nc12. The van der Waals surface area contributed by atoms with Crippen molar-refractivity contribution in [1.29, 1.82) is 0 Å². The summed E-state index contributed by atoms with van der Waals surface area (Å²) in [4.78, 5) is 37.4. The van der Waals surface area contributed by atoms with Crippen molar-refractivity contribution < 1.29 is 18.0 Å². The number of anilines is 4. The van der Waals surface area contributed by atoms with Gasteiger partial charge in [0.25, 0.3) is 5.91 Å². The third-order valence-electron chi connectivity index (χ3n) is 7.78. The quantitative estimate of drug-likeness (QED) is 0.162. The van der Waals surface area contributed by atoms with Crippen molar-refractivity contribution in [2.75, 3.05) is 35.6 Å². The van der Waals surface area contributed by atoms with E-state index >= 15 is 0 Å². The van der Waals surface area contributed by atoms with Crippen LogP contribution in [0.1, 0.15) is 45.6 Å². The summed E-state index contributed by atoms with van der Waals surface area (Å²) in [6, 6.07) is 14.4. The number of likely N-dealkylation sites (tertiary alicyclic amines) is 1. The number of rotatable bonds is 10. The molecule has 4 heterocycles. The molecule has 3 N–H and O–H groups in total. The molecule has 1 amide bonds. The Labute approximate surface area is 263 Å². The van der Waals surface area contributed by atoms with E-state index in [0.29, 0.717) is 53.6 Å². The van der Waals surface area contributed by atoms with Crippen LogP contribution < -0.4 is 16.0 Å². The number of nitrogens with zero attached hydrogens (tertiary/aromatic N) is 6. The van der Waals surface area contributed by atoms with Gasteiger partial charge < -0.3 is 20.9 Å². The number of hydrogen-bond donors (Lipinski definition) is 3. The third kappa shape index (κ3) is 7.54. The van der Waals surface area contributed by atoms with E-state index < -0.39 is 17.6 Å². The van der Waals surface area contributed by atoms with E-state index in [1.807, 2.05) is 25.1 Å². The molecule has 10 nitrogen and oxygen atoms in total. The van der Waals surface area contributed by atoms with E-state index in [1.54, 1.807) is 36.7 Å². The zero-order chi connectivity index (χ0) is 32.1. The van der Waals surface area contributed by atoms with Crippen LogP contribution in [0, 0.1) is 6.92 Å². The van der Waals surface area contributed by atoms with Crippen LogP contribution in [0.2, 0.25) is 0 Å². The molecule has 46 heavy (non-hydrogen) atoms. The summed E-state index contributed by atoms with van der Waals surface area (Å²) in [5.74, 6) is 0.222. The number of carbonyl (C=O) groups excluding carboxylic acids is 1. The van der Waals surface area contributed by atoms with Gasteiger partial charge in [0, 0.05) is 29.7 Å². The van der Waals surface area contributed by atoms with E-state index in [0.717, 1.165) is 49.3 Å². The summed E-state index contributed by atoms with van der Waals surface area (Å²) in [5.41, 5.74) is 3.26. The minimum absolute atomic E-state index is 0.0931. The molecule has 3 aromatic heterocycles. The zero-order valence-corrected chi connectivity index (χ0v) is 25.1. The lowest BCUT2D eigenvalue weighted by Gasteiger charge is -2.17. The fourth-order valence-electron chi connectivity index (χ4n) is 5.30. The first-order valence-electron chi connectivity index (χ1n) is 15.0. The molecule has 0 unspecified atom stereocenters. The molecule has 0 radical (unpaired) electrons. The van der Waals surface area contributed by atoms with Crippen molar-refractivity contribution in [1.82, 2.24) is 29.8 Å². The minimum atomic E-state index is -4.54. The normalized spacial score (nSPS) is 13.6. The van der Waals surface area contributed by atoms with E-state index in [-0.39, 0.29) is 11.3 Å². The number of benzene rings is 2. The predicted octanol–water partition coefficient (Wildman–Crippen LogP) is 6.39. The average Bonchev–Trinajstić information content (AvgIpc) is 3.58. The largest absolute Gasteiger partial charge is 0.416 e. The molecule has 236 valence electrons. The highest BCUT2D eigenvalue weighted by Gasteiger charge is 2.31. The first-order valence-corrected chi connectivity index (χ1v) is 15.0. The minimum Gasteiger partial charge on any atom is -0.349 e. The lowest BCUT2D eigenvalue weighted by Crippen LogP contribution is -2.22.